The molecule has 0 spiro atoms. The van der Waals surface area contributed by atoms with Crippen molar-refractivity contribution in [3.05, 3.63) is 66.6 Å². The highest BCUT2D eigenvalue weighted by Crippen LogP contribution is 2.20. The van der Waals surface area contributed by atoms with Crippen LogP contribution in [-0.2, 0) is 6.54 Å². The lowest BCUT2D eigenvalue weighted by atomic mass is 10.2. The van der Waals surface area contributed by atoms with Crippen molar-refractivity contribution < 1.29 is 4.42 Å². The van der Waals surface area contributed by atoms with Crippen LogP contribution >= 0.6 is 0 Å². The second-order valence-corrected chi connectivity index (χ2v) is 4.16. The molecule has 4 heteroatoms. The van der Waals surface area contributed by atoms with E-state index in [1.54, 1.807) is 0 Å². The van der Waals surface area contributed by atoms with E-state index in [0.29, 0.717) is 5.89 Å². The van der Waals surface area contributed by atoms with Crippen LogP contribution in [0.15, 0.2) is 65.4 Å². The minimum absolute atomic E-state index is 0.531. The first-order valence-corrected chi connectivity index (χ1v) is 6.06. The number of anilines is 1. The molecule has 0 unspecified atom stereocenters. The van der Waals surface area contributed by atoms with Crippen molar-refractivity contribution in [3.8, 4) is 11.5 Å². The highest BCUT2D eigenvalue weighted by molar-refractivity contribution is 5.60. The molecule has 0 amide bonds. The van der Waals surface area contributed by atoms with Crippen molar-refractivity contribution in [3.63, 3.8) is 0 Å². The van der Waals surface area contributed by atoms with Gasteiger partial charge in [0.2, 0.25) is 12.3 Å². The van der Waals surface area contributed by atoms with Crippen LogP contribution in [0.2, 0.25) is 0 Å². The fraction of sp³-hybridized carbons (Fsp3) is 0.0667. The molecule has 0 saturated heterocycles. The molecule has 0 aliphatic carbocycles. The second kappa shape index (κ2) is 5.35. The number of aromatic nitrogens is 2. The van der Waals surface area contributed by atoms with Gasteiger partial charge in [0.05, 0.1) is 0 Å². The normalized spacial score (nSPS) is 10.3. The van der Waals surface area contributed by atoms with Crippen LogP contribution < -0.4 is 5.32 Å². The summed E-state index contributed by atoms with van der Waals surface area (Å²) in [7, 11) is 0. The van der Waals surface area contributed by atoms with Crippen molar-refractivity contribution >= 4 is 5.69 Å². The Hall–Kier alpha value is -2.62. The molecule has 1 N–H and O–H groups in total. The zero-order valence-electron chi connectivity index (χ0n) is 10.3. The zero-order valence-corrected chi connectivity index (χ0v) is 10.3. The summed E-state index contributed by atoms with van der Waals surface area (Å²) in [5, 5.41) is 11.0. The summed E-state index contributed by atoms with van der Waals surface area (Å²) in [5.74, 6) is 0.531. The average Bonchev–Trinajstić information content (AvgIpc) is 3.01. The first-order chi connectivity index (χ1) is 9.42. The molecular weight excluding hydrogens is 238 g/mol. The fourth-order valence-corrected chi connectivity index (χ4v) is 1.86. The summed E-state index contributed by atoms with van der Waals surface area (Å²) in [4.78, 5) is 0. The molecule has 0 fully saturated rings. The lowest BCUT2D eigenvalue weighted by Crippen LogP contribution is -1.98. The maximum Gasteiger partial charge on any atom is 0.247 e. The van der Waals surface area contributed by atoms with E-state index in [4.69, 9.17) is 4.42 Å². The van der Waals surface area contributed by atoms with Crippen LogP contribution in [0, 0.1) is 0 Å². The van der Waals surface area contributed by atoms with E-state index in [0.717, 1.165) is 17.8 Å². The van der Waals surface area contributed by atoms with Crippen molar-refractivity contribution in [2.75, 3.05) is 5.32 Å². The number of nitrogens with zero attached hydrogens (tertiary/aromatic N) is 2. The predicted molar refractivity (Wildman–Crippen MR) is 73.5 cm³/mol. The summed E-state index contributed by atoms with van der Waals surface area (Å²) in [6.07, 6.45) is 1.33. The van der Waals surface area contributed by atoms with Gasteiger partial charge in [0.1, 0.15) is 0 Å². The van der Waals surface area contributed by atoms with Crippen molar-refractivity contribution in [1.82, 2.24) is 10.2 Å². The molecule has 4 nitrogen and oxygen atoms in total. The van der Waals surface area contributed by atoms with Crippen LogP contribution in [-0.4, -0.2) is 10.2 Å². The maximum atomic E-state index is 5.19. The SMILES string of the molecule is c1ccc(CNc2cccc(-c3nnco3)c2)cc1. The molecule has 3 aromatic rings. The van der Waals surface area contributed by atoms with E-state index in [2.05, 4.69) is 27.6 Å². The van der Waals surface area contributed by atoms with Gasteiger partial charge in [0.25, 0.3) is 0 Å². The molecule has 0 aliphatic heterocycles. The topological polar surface area (TPSA) is 51.0 Å². The van der Waals surface area contributed by atoms with Crippen LogP contribution in [0.3, 0.4) is 0 Å². The number of benzene rings is 2. The minimum atomic E-state index is 0.531. The molecule has 1 aromatic heterocycles. The summed E-state index contributed by atoms with van der Waals surface area (Å²) >= 11 is 0. The van der Waals surface area contributed by atoms with Crippen LogP contribution in [0.25, 0.3) is 11.5 Å². The molecule has 19 heavy (non-hydrogen) atoms. The first kappa shape index (κ1) is 11.5. The Bertz CT molecular complexity index is 636. The third-order valence-corrected chi connectivity index (χ3v) is 2.81. The summed E-state index contributed by atoms with van der Waals surface area (Å²) in [6.45, 7) is 0.786. The van der Waals surface area contributed by atoms with Gasteiger partial charge < -0.3 is 9.73 Å². The van der Waals surface area contributed by atoms with Crippen LogP contribution in [0.4, 0.5) is 5.69 Å². The molecule has 3 rings (SSSR count). The monoisotopic (exact) mass is 251 g/mol. The van der Waals surface area contributed by atoms with Gasteiger partial charge in [-0.1, -0.05) is 36.4 Å². The lowest BCUT2D eigenvalue weighted by Gasteiger charge is -2.07. The Morgan fingerprint density at radius 2 is 1.89 bits per heavy atom. The first-order valence-electron chi connectivity index (χ1n) is 6.06. The molecule has 0 bridgehead atoms. The average molecular weight is 251 g/mol. The molecule has 0 saturated carbocycles. The van der Waals surface area contributed by atoms with Gasteiger partial charge in [-0.15, -0.1) is 10.2 Å². The molecule has 2 aromatic carbocycles. The Kier molecular flexibility index (Phi) is 3.23. The predicted octanol–water partition coefficient (Wildman–Crippen LogP) is 3.35. The van der Waals surface area contributed by atoms with Gasteiger partial charge in [-0.25, -0.2) is 0 Å². The lowest BCUT2D eigenvalue weighted by molar-refractivity contribution is 0.568. The van der Waals surface area contributed by atoms with Gasteiger partial charge in [-0.3, -0.25) is 0 Å². The Morgan fingerprint density at radius 1 is 1.00 bits per heavy atom. The van der Waals surface area contributed by atoms with Gasteiger partial charge in [-0.2, -0.15) is 0 Å². The molecule has 1 heterocycles. The summed E-state index contributed by atoms with van der Waals surface area (Å²) in [6, 6.07) is 18.2. The van der Waals surface area contributed by atoms with Crippen LogP contribution in [0.1, 0.15) is 5.56 Å². The maximum absolute atomic E-state index is 5.19. The van der Waals surface area contributed by atoms with Gasteiger partial charge in [0.15, 0.2) is 0 Å². The van der Waals surface area contributed by atoms with E-state index in [9.17, 15) is 0 Å². The number of rotatable bonds is 4. The van der Waals surface area contributed by atoms with E-state index in [1.807, 2.05) is 42.5 Å². The van der Waals surface area contributed by atoms with E-state index in [1.165, 1.54) is 12.0 Å². The minimum Gasteiger partial charge on any atom is -0.423 e. The molecule has 94 valence electrons. The number of hydrogen-bond donors (Lipinski definition) is 1. The van der Waals surface area contributed by atoms with Gasteiger partial charge >= 0.3 is 0 Å². The summed E-state index contributed by atoms with van der Waals surface area (Å²) < 4.78 is 5.19. The smallest absolute Gasteiger partial charge is 0.247 e. The quantitative estimate of drug-likeness (QED) is 0.772. The molecule has 0 radical (unpaired) electrons. The van der Waals surface area contributed by atoms with E-state index < -0.39 is 0 Å². The zero-order chi connectivity index (χ0) is 12.9. The third-order valence-electron chi connectivity index (χ3n) is 2.81. The molecule has 0 atom stereocenters. The Balaban J connectivity index is 1.74. The Labute approximate surface area is 111 Å². The second-order valence-electron chi connectivity index (χ2n) is 4.16. The van der Waals surface area contributed by atoms with Crippen molar-refractivity contribution in [1.29, 1.82) is 0 Å². The number of hydrogen-bond acceptors (Lipinski definition) is 4. The largest absolute Gasteiger partial charge is 0.423 e. The summed E-state index contributed by atoms with van der Waals surface area (Å²) in [5.41, 5.74) is 3.18. The van der Waals surface area contributed by atoms with Gasteiger partial charge in [-0.05, 0) is 23.8 Å². The van der Waals surface area contributed by atoms with Crippen molar-refractivity contribution in [2.24, 2.45) is 0 Å². The molecule has 0 aliphatic rings. The standard InChI is InChI=1S/C15H13N3O/c1-2-5-12(6-3-1)10-16-14-8-4-7-13(9-14)15-18-17-11-19-15/h1-9,11,16H,10H2. The van der Waals surface area contributed by atoms with E-state index >= 15 is 0 Å². The van der Waals surface area contributed by atoms with Crippen LogP contribution in [0.5, 0.6) is 0 Å². The fourth-order valence-electron chi connectivity index (χ4n) is 1.86. The third kappa shape index (κ3) is 2.80. The molecular formula is C15H13N3O. The Morgan fingerprint density at radius 3 is 2.68 bits per heavy atom. The number of nitrogens with one attached hydrogen (secondary N) is 1. The highest BCUT2D eigenvalue weighted by Gasteiger charge is 2.03. The van der Waals surface area contributed by atoms with Crippen molar-refractivity contribution in [2.45, 2.75) is 6.54 Å². The van der Waals surface area contributed by atoms with Gasteiger partial charge in [0, 0.05) is 17.8 Å². The van der Waals surface area contributed by atoms with E-state index in [-0.39, 0.29) is 0 Å². The highest BCUT2D eigenvalue weighted by atomic mass is 16.4.